The van der Waals surface area contributed by atoms with Crippen LogP contribution in [0.3, 0.4) is 0 Å². The van der Waals surface area contributed by atoms with Gasteiger partial charge in [-0.2, -0.15) is 5.10 Å². The van der Waals surface area contributed by atoms with Gasteiger partial charge >= 0.3 is 11.9 Å². The Balaban J connectivity index is 1.66. The minimum Gasteiger partial charge on any atom is -0.469 e. The van der Waals surface area contributed by atoms with E-state index in [9.17, 15) is 9.59 Å². The third-order valence-corrected chi connectivity index (χ3v) is 6.48. The fraction of sp³-hybridized carbons (Fsp3) is 0.773. The molecule has 4 heterocycles. The molecular formula is C22H33N3O5. The monoisotopic (exact) mass is 419 g/mol. The third-order valence-electron chi connectivity index (χ3n) is 6.48. The molecule has 1 aromatic rings. The van der Waals surface area contributed by atoms with Crippen molar-refractivity contribution in [1.29, 1.82) is 0 Å². The average molecular weight is 420 g/mol. The van der Waals surface area contributed by atoms with Gasteiger partial charge in [0.25, 0.3) is 0 Å². The van der Waals surface area contributed by atoms with Crippen molar-refractivity contribution in [3.8, 4) is 0 Å². The van der Waals surface area contributed by atoms with E-state index in [2.05, 4.69) is 4.90 Å². The fourth-order valence-electron chi connectivity index (χ4n) is 5.23. The van der Waals surface area contributed by atoms with Gasteiger partial charge in [-0.3, -0.25) is 14.5 Å². The summed E-state index contributed by atoms with van der Waals surface area (Å²) in [6, 6.07) is 1.64. The first kappa shape index (κ1) is 21.3. The largest absolute Gasteiger partial charge is 0.469 e. The molecule has 166 valence electrons. The Kier molecular flexibility index (Phi) is 5.66. The Morgan fingerprint density at radius 3 is 2.73 bits per heavy atom. The zero-order chi connectivity index (χ0) is 21.5. The average Bonchev–Trinajstić information content (AvgIpc) is 3.40. The van der Waals surface area contributed by atoms with Gasteiger partial charge in [0.15, 0.2) is 0 Å². The lowest BCUT2D eigenvalue weighted by Crippen LogP contribution is -2.49. The highest BCUT2D eigenvalue weighted by molar-refractivity contribution is 5.85. The number of hydrogen-bond acceptors (Lipinski definition) is 7. The van der Waals surface area contributed by atoms with Crippen LogP contribution >= 0.6 is 0 Å². The SMILES string of the molecule is COC(=O)[C@H]1C[C@]2(C(=O)OC(C)(C)C)CCCN2[C@H]1c1ccn(C2CCCCO2)n1. The number of aromatic nitrogens is 2. The molecule has 0 radical (unpaired) electrons. The number of nitrogens with zero attached hydrogens (tertiary/aromatic N) is 3. The number of ether oxygens (including phenoxy) is 3. The normalized spacial score (nSPS) is 32.1. The standard InChI is InChI=1S/C22H33N3O5/c1-21(2,3)30-20(27)22-10-7-11-24(22)18(15(14-22)19(26)28-4)16-9-12-25(23-16)17-8-5-6-13-29-17/h9,12,15,17-18H,5-8,10-11,13-14H2,1-4H3/t15-,17?,18+,22-/m0/s1. The molecule has 8 nitrogen and oxygen atoms in total. The number of hydrogen-bond donors (Lipinski definition) is 0. The van der Waals surface area contributed by atoms with Gasteiger partial charge < -0.3 is 14.2 Å². The summed E-state index contributed by atoms with van der Waals surface area (Å²) in [5.74, 6) is -1.02. The van der Waals surface area contributed by atoms with Gasteiger partial charge in [-0.05, 0) is 65.4 Å². The van der Waals surface area contributed by atoms with Crippen molar-refractivity contribution in [1.82, 2.24) is 14.7 Å². The van der Waals surface area contributed by atoms with Gasteiger partial charge in [0.2, 0.25) is 0 Å². The van der Waals surface area contributed by atoms with E-state index in [1.165, 1.54) is 7.11 Å². The molecule has 0 bridgehead atoms. The van der Waals surface area contributed by atoms with E-state index in [-0.39, 0.29) is 24.2 Å². The number of carbonyl (C=O) groups is 2. The van der Waals surface area contributed by atoms with Gasteiger partial charge in [-0.25, -0.2) is 4.68 Å². The molecule has 3 saturated heterocycles. The van der Waals surface area contributed by atoms with Crippen molar-refractivity contribution in [2.45, 2.75) is 82.7 Å². The van der Waals surface area contributed by atoms with Crippen molar-refractivity contribution < 1.29 is 23.8 Å². The van der Waals surface area contributed by atoms with Crippen molar-refractivity contribution in [2.24, 2.45) is 5.92 Å². The van der Waals surface area contributed by atoms with Crippen LogP contribution in [0.1, 0.15) is 77.3 Å². The quantitative estimate of drug-likeness (QED) is 0.694. The first-order valence-corrected chi connectivity index (χ1v) is 11.0. The van der Waals surface area contributed by atoms with E-state index in [1.807, 2.05) is 37.7 Å². The molecule has 1 aromatic heterocycles. The van der Waals surface area contributed by atoms with Crippen molar-refractivity contribution in [3.63, 3.8) is 0 Å². The van der Waals surface area contributed by atoms with Gasteiger partial charge in [0.1, 0.15) is 17.4 Å². The van der Waals surface area contributed by atoms with Crippen LogP contribution < -0.4 is 0 Å². The molecule has 0 spiro atoms. The minimum absolute atomic E-state index is 0.0697. The van der Waals surface area contributed by atoms with Gasteiger partial charge in [-0.15, -0.1) is 0 Å². The summed E-state index contributed by atoms with van der Waals surface area (Å²) in [6.07, 6.45) is 6.92. The second kappa shape index (κ2) is 7.96. The molecule has 4 rings (SSSR count). The predicted octanol–water partition coefficient (Wildman–Crippen LogP) is 2.99. The summed E-state index contributed by atoms with van der Waals surface area (Å²) in [6.45, 7) is 7.08. The maximum atomic E-state index is 13.3. The zero-order valence-corrected chi connectivity index (χ0v) is 18.4. The lowest BCUT2D eigenvalue weighted by molar-refractivity contribution is -0.167. The molecule has 0 aromatic carbocycles. The van der Waals surface area contributed by atoms with Crippen LogP contribution in [0.2, 0.25) is 0 Å². The smallest absolute Gasteiger partial charge is 0.327 e. The molecule has 0 saturated carbocycles. The highest BCUT2D eigenvalue weighted by Gasteiger charge is 2.62. The number of carbonyl (C=O) groups excluding carboxylic acids is 2. The number of rotatable bonds is 4. The fourth-order valence-corrected chi connectivity index (χ4v) is 5.23. The van der Waals surface area contributed by atoms with E-state index >= 15 is 0 Å². The number of methoxy groups -OCH3 is 1. The van der Waals surface area contributed by atoms with E-state index in [0.29, 0.717) is 12.8 Å². The summed E-state index contributed by atoms with van der Waals surface area (Å²) in [7, 11) is 1.40. The third kappa shape index (κ3) is 3.75. The van der Waals surface area contributed by atoms with Crippen LogP contribution in [-0.2, 0) is 23.8 Å². The summed E-state index contributed by atoms with van der Waals surface area (Å²) in [5, 5.41) is 4.80. The summed E-state index contributed by atoms with van der Waals surface area (Å²) < 4.78 is 18.6. The highest BCUT2D eigenvalue weighted by Crippen LogP contribution is 2.53. The first-order chi connectivity index (χ1) is 14.2. The molecule has 4 atom stereocenters. The zero-order valence-electron chi connectivity index (χ0n) is 18.4. The lowest BCUT2D eigenvalue weighted by Gasteiger charge is -2.34. The van der Waals surface area contributed by atoms with E-state index in [4.69, 9.17) is 19.3 Å². The summed E-state index contributed by atoms with van der Waals surface area (Å²) in [5.41, 5.74) is -0.604. The molecule has 0 N–H and O–H groups in total. The van der Waals surface area contributed by atoms with Crippen LogP contribution in [0.25, 0.3) is 0 Å². The maximum absolute atomic E-state index is 13.3. The second-order valence-corrected chi connectivity index (χ2v) is 9.65. The maximum Gasteiger partial charge on any atom is 0.327 e. The molecule has 0 amide bonds. The molecular weight excluding hydrogens is 386 g/mol. The number of fused-ring (bicyclic) bond motifs is 1. The van der Waals surface area contributed by atoms with Crippen LogP contribution in [0.15, 0.2) is 12.3 Å². The Labute approximate surface area is 177 Å². The molecule has 30 heavy (non-hydrogen) atoms. The number of esters is 2. The Hall–Kier alpha value is -1.93. The van der Waals surface area contributed by atoms with Crippen LogP contribution in [0, 0.1) is 5.92 Å². The minimum atomic E-state index is -0.804. The molecule has 3 fully saturated rings. The van der Waals surface area contributed by atoms with E-state index in [0.717, 1.165) is 44.5 Å². The highest BCUT2D eigenvalue weighted by atomic mass is 16.6. The summed E-state index contributed by atoms with van der Waals surface area (Å²) >= 11 is 0. The van der Waals surface area contributed by atoms with Crippen LogP contribution in [-0.4, -0.2) is 58.0 Å². The molecule has 0 aliphatic carbocycles. The topological polar surface area (TPSA) is 82.9 Å². The molecule has 1 unspecified atom stereocenters. The molecule has 3 aliphatic heterocycles. The Morgan fingerprint density at radius 1 is 1.27 bits per heavy atom. The van der Waals surface area contributed by atoms with Gasteiger partial charge in [0.05, 0.1) is 24.8 Å². The van der Waals surface area contributed by atoms with Gasteiger partial charge in [-0.1, -0.05) is 0 Å². The van der Waals surface area contributed by atoms with Crippen molar-refractivity contribution >= 4 is 11.9 Å². The van der Waals surface area contributed by atoms with Crippen molar-refractivity contribution in [2.75, 3.05) is 20.3 Å². The van der Waals surface area contributed by atoms with E-state index < -0.39 is 17.1 Å². The second-order valence-electron chi connectivity index (χ2n) is 9.65. The van der Waals surface area contributed by atoms with E-state index in [1.54, 1.807) is 0 Å². The summed E-state index contributed by atoms with van der Waals surface area (Å²) in [4.78, 5) is 28.2. The van der Waals surface area contributed by atoms with Crippen LogP contribution in [0.4, 0.5) is 0 Å². The van der Waals surface area contributed by atoms with Crippen LogP contribution in [0.5, 0.6) is 0 Å². The van der Waals surface area contributed by atoms with Gasteiger partial charge in [0, 0.05) is 19.3 Å². The Morgan fingerprint density at radius 2 is 2.07 bits per heavy atom. The van der Waals surface area contributed by atoms with Crippen molar-refractivity contribution in [3.05, 3.63) is 18.0 Å². The lowest BCUT2D eigenvalue weighted by atomic mass is 9.88. The predicted molar refractivity (Wildman–Crippen MR) is 108 cm³/mol. The first-order valence-electron chi connectivity index (χ1n) is 11.0. The Bertz CT molecular complexity index is 795. The molecule has 3 aliphatic rings. The molecule has 8 heteroatoms.